The number of nitrogens with zero attached hydrogens (tertiary/aromatic N) is 5. The number of aromatic carboxylic acids is 1. The van der Waals surface area contributed by atoms with Crippen LogP contribution in [-0.2, 0) is 0 Å². The molecule has 1 fully saturated rings. The van der Waals surface area contributed by atoms with Crippen molar-refractivity contribution in [2.45, 2.75) is 19.4 Å². The van der Waals surface area contributed by atoms with Crippen molar-refractivity contribution in [2.24, 2.45) is 5.73 Å². The zero-order valence-electron chi connectivity index (χ0n) is 14.2. The molecule has 11 heteroatoms. The Kier molecular flexibility index (Phi) is 4.12. The zero-order valence-corrected chi connectivity index (χ0v) is 15.0. The van der Waals surface area contributed by atoms with Crippen molar-refractivity contribution in [1.82, 2.24) is 19.7 Å². The number of rotatable bonds is 3. The molecule has 0 spiro atoms. The first-order valence-corrected chi connectivity index (χ1v) is 8.97. The van der Waals surface area contributed by atoms with E-state index in [1.165, 1.54) is 15.9 Å². The molecule has 0 aliphatic carbocycles. The molecule has 0 bridgehead atoms. The SMILES string of the molecule is Cc1nnc(-n2cc(C(=O)O)c(=O)c3cc(F)c(N4CCC(N)C4)nc32)s1. The van der Waals surface area contributed by atoms with Crippen molar-refractivity contribution in [2.75, 3.05) is 18.0 Å². The number of hydrogen-bond donors (Lipinski definition) is 2. The van der Waals surface area contributed by atoms with E-state index in [9.17, 15) is 19.1 Å². The maximum absolute atomic E-state index is 14.7. The van der Waals surface area contributed by atoms with E-state index in [1.54, 1.807) is 11.8 Å². The van der Waals surface area contributed by atoms with Crippen LogP contribution in [0.3, 0.4) is 0 Å². The number of nitrogens with two attached hydrogens (primary N) is 1. The van der Waals surface area contributed by atoms with Gasteiger partial charge in [-0.2, -0.15) is 0 Å². The number of fused-ring (bicyclic) bond motifs is 1. The minimum absolute atomic E-state index is 0.0768. The molecule has 4 heterocycles. The highest BCUT2D eigenvalue weighted by Gasteiger charge is 2.26. The van der Waals surface area contributed by atoms with Crippen LogP contribution >= 0.6 is 11.3 Å². The molecule has 1 unspecified atom stereocenters. The molecule has 0 amide bonds. The van der Waals surface area contributed by atoms with Crippen molar-refractivity contribution in [3.8, 4) is 5.13 Å². The van der Waals surface area contributed by atoms with Gasteiger partial charge in [0, 0.05) is 25.3 Å². The van der Waals surface area contributed by atoms with Crippen LogP contribution < -0.4 is 16.1 Å². The van der Waals surface area contributed by atoms with E-state index in [2.05, 4.69) is 15.2 Å². The third-order valence-corrected chi connectivity index (χ3v) is 5.23. The third-order valence-electron chi connectivity index (χ3n) is 4.39. The molecule has 4 rings (SSSR count). The van der Waals surface area contributed by atoms with Crippen molar-refractivity contribution in [3.05, 3.63) is 38.9 Å². The van der Waals surface area contributed by atoms with Crippen LogP contribution in [0.1, 0.15) is 21.8 Å². The van der Waals surface area contributed by atoms with Crippen LogP contribution in [0.5, 0.6) is 0 Å². The Bertz CT molecular complexity index is 1130. The highest BCUT2D eigenvalue weighted by atomic mass is 32.1. The molecule has 1 saturated heterocycles. The quantitative estimate of drug-likeness (QED) is 0.676. The fourth-order valence-corrected chi connectivity index (χ4v) is 3.76. The summed E-state index contributed by atoms with van der Waals surface area (Å²) in [6.07, 6.45) is 1.86. The summed E-state index contributed by atoms with van der Waals surface area (Å²) in [5.41, 5.74) is 4.73. The molecule has 3 aromatic heterocycles. The number of hydrogen-bond acceptors (Lipinski definition) is 8. The first kappa shape index (κ1) is 17.5. The van der Waals surface area contributed by atoms with Gasteiger partial charge in [-0.1, -0.05) is 11.3 Å². The molecule has 1 aliphatic rings. The molecule has 3 aromatic rings. The third kappa shape index (κ3) is 2.94. The van der Waals surface area contributed by atoms with E-state index in [0.29, 0.717) is 29.6 Å². The van der Waals surface area contributed by atoms with Gasteiger partial charge in [-0.15, -0.1) is 10.2 Å². The number of carboxylic acids is 1. The molecule has 0 radical (unpaired) electrons. The number of aryl methyl sites for hydroxylation is 1. The summed E-state index contributed by atoms with van der Waals surface area (Å²) in [6.45, 7) is 2.74. The Labute approximate surface area is 155 Å². The largest absolute Gasteiger partial charge is 0.477 e. The topological polar surface area (TPSA) is 127 Å². The van der Waals surface area contributed by atoms with Gasteiger partial charge in [-0.05, 0) is 19.4 Å². The molecule has 3 N–H and O–H groups in total. The number of carboxylic acid groups (broad SMARTS) is 1. The van der Waals surface area contributed by atoms with Crippen molar-refractivity contribution >= 4 is 34.2 Å². The van der Waals surface area contributed by atoms with E-state index < -0.39 is 22.8 Å². The van der Waals surface area contributed by atoms with E-state index in [4.69, 9.17) is 5.73 Å². The second kappa shape index (κ2) is 6.35. The lowest BCUT2D eigenvalue weighted by atomic mass is 10.2. The van der Waals surface area contributed by atoms with E-state index in [-0.39, 0.29) is 22.9 Å². The molecular weight excluding hydrogens is 375 g/mol. The molecule has 1 aliphatic heterocycles. The summed E-state index contributed by atoms with van der Waals surface area (Å²) < 4.78 is 16.0. The van der Waals surface area contributed by atoms with Gasteiger partial charge in [0.2, 0.25) is 10.6 Å². The first-order chi connectivity index (χ1) is 12.8. The average Bonchev–Trinajstić information content (AvgIpc) is 3.23. The lowest BCUT2D eigenvalue weighted by Gasteiger charge is -2.19. The number of carbonyl (C=O) groups is 1. The number of anilines is 1. The van der Waals surface area contributed by atoms with Crippen LogP contribution in [0.25, 0.3) is 16.2 Å². The maximum atomic E-state index is 14.7. The van der Waals surface area contributed by atoms with Crippen LogP contribution in [0.15, 0.2) is 17.1 Å². The molecule has 0 aromatic carbocycles. The van der Waals surface area contributed by atoms with Crippen LogP contribution in [-0.4, -0.2) is 50.0 Å². The Morgan fingerprint density at radius 2 is 2.22 bits per heavy atom. The highest BCUT2D eigenvalue weighted by Crippen LogP contribution is 2.26. The monoisotopic (exact) mass is 390 g/mol. The summed E-state index contributed by atoms with van der Waals surface area (Å²) in [7, 11) is 0. The van der Waals surface area contributed by atoms with Crippen molar-refractivity contribution in [3.63, 3.8) is 0 Å². The smallest absolute Gasteiger partial charge is 0.341 e. The normalized spacial score (nSPS) is 17.0. The predicted octanol–water partition coefficient (Wildman–Crippen LogP) is 0.920. The summed E-state index contributed by atoms with van der Waals surface area (Å²) >= 11 is 1.20. The van der Waals surface area contributed by atoms with E-state index in [1.807, 2.05) is 0 Å². The van der Waals surface area contributed by atoms with Gasteiger partial charge in [0.1, 0.15) is 10.6 Å². The second-order valence-corrected chi connectivity index (χ2v) is 7.47. The van der Waals surface area contributed by atoms with Gasteiger partial charge < -0.3 is 15.7 Å². The van der Waals surface area contributed by atoms with E-state index in [0.717, 1.165) is 12.3 Å². The summed E-state index contributed by atoms with van der Waals surface area (Å²) in [6, 6.07) is 0.949. The molecule has 140 valence electrons. The molecular formula is C16H15FN6O3S. The van der Waals surface area contributed by atoms with Crippen LogP contribution in [0, 0.1) is 12.7 Å². The van der Waals surface area contributed by atoms with Crippen molar-refractivity contribution < 1.29 is 14.3 Å². The fourth-order valence-electron chi connectivity index (χ4n) is 3.10. The summed E-state index contributed by atoms with van der Waals surface area (Å²) in [4.78, 5) is 30.1. The number of halogens is 1. The van der Waals surface area contributed by atoms with Gasteiger partial charge >= 0.3 is 5.97 Å². The number of aromatic nitrogens is 4. The van der Waals surface area contributed by atoms with Gasteiger partial charge in [0.25, 0.3) is 0 Å². The maximum Gasteiger partial charge on any atom is 0.341 e. The first-order valence-electron chi connectivity index (χ1n) is 8.15. The molecule has 1 atom stereocenters. The Hall–Kier alpha value is -2.92. The minimum Gasteiger partial charge on any atom is -0.477 e. The van der Waals surface area contributed by atoms with Crippen molar-refractivity contribution in [1.29, 1.82) is 0 Å². The standard InChI is InChI=1S/C16H15FN6O3S/c1-7-20-21-16(27-7)23-6-10(15(25)26)12(24)9-4-11(17)14(19-13(9)23)22-3-2-8(18)5-22/h4,6,8H,2-3,5,18H2,1H3,(H,25,26). The van der Waals surface area contributed by atoms with E-state index >= 15 is 0 Å². The lowest BCUT2D eigenvalue weighted by molar-refractivity contribution is 0.0695. The van der Waals surface area contributed by atoms with Gasteiger partial charge in [-0.3, -0.25) is 9.36 Å². The average molecular weight is 390 g/mol. The predicted molar refractivity (Wildman–Crippen MR) is 97.3 cm³/mol. The van der Waals surface area contributed by atoms with Crippen LogP contribution in [0.2, 0.25) is 0 Å². The summed E-state index contributed by atoms with van der Waals surface area (Å²) in [5.74, 6) is -2.03. The van der Waals surface area contributed by atoms with Crippen LogP contribution in [0.4, 0.5) is 10.2 Å². The van der Waals surface area contributed by atoms with Gasteiger partial charge in [0.15, 0.2) is 17.3 Å². The number of pyridine rings is 2. The highest BCUT2D eigenvalue weighted by molar-refractivity contribution is 7.13. The van der Waals surface area contributed by atoms with Gasteiger partial charge in [-0.25, -0.2) is 14.2 Å². The Balaban J connectivity index is 2.02. The van der Waals surface area contributed by atoms with Gasteiger partial charge in [0.05, 0.1) is 5.39 Å². The molecule has 9 nitrogen and oxygen atoms in total. The second-order valence-electron chi connectivity index (χ2n) is 6.31. The molecule has 27 heavy (non-hydrogen) atoms. The summed E-state index contributed by atoms with van der Waals surface area (Å²) in [5, 5.41) is 18.1. The minimum atomic E-state index is -1.41. The zero-order chi connectivity index (χ0) is 19.3. The fraction of sp³-hybridized carbons (Fsp3) is 0.312. The molecule has 0 saturated carbocycles. The Morgan fingerprint density at radius 3 is 2.81 bits per heavy atom. The lowest BCUT2D eigenvalue weighted by Crippen LogP contribution is -2.28. The Morgan fingerprint density at radius 1 is 1.44 bits per heavy atom.